The van der Waals surface area contributed by atoms with Gasteiger partial charge in [0.25, 0.3) is 0 Å². The normalized spacial score (nSPS) is 22.1. The van der Waals surface area contributed by atoms with E-state index < -0.39 is 182 Å². The molecule has 4 heterocycles. The highest BCUT2D eigenvalue weighted by Gasteiger charge is 2.57. The first-order valence-corrected chi connectivity index (χ1v) is 49.8. The molecule has 12 rings (SSSR count). The Balaban J connectivity index is 0.000000227. The molecule has 760 valence electrons. The Labute approximate surface area is 811 Å². The summed E-state index contributed by atoms with van der Waals surface area (Å²) in [6.07, 6.45) is -34.4. The number of alkyl halides is 20. The van der Waals surface area contributed by atoms with Crippen LogP contribution in [0.5, 0.6) is 0 Å². The van der Waals surface area contributed by atoms with Gasteiger partial charge in [-0.15, -0.1) is 23.2 Å². The summed E-state index contributed by atoms with van der Waals surface area (Å²) in [4.78, 5) is 30.1. The number of likely N-dealkylation sites (tertiary alicyclic amines) is 2. The second-order valence-electron chi connectivity index (χ2n) is 33.8. The number of piperidine rings is 3. The minimum Gasteiger partial charge on any atom is -0.445 e. The number of ether oxygens (including phenoxy) is 5. The number of benzene rings is 8. The average molecular weight is 2100 g/mol. The van der Waals surface area contributed by atoms with E-state index in [1.54, 1.807) is 152 Å². The summed E-state index contributed by atoms with van der Waals surface area (Å²) in [6, 6.07) is 53.2. The number of rotatable bonds is 28. The van der Waals surface area contributed by atoms with Crippen molar-refractivity contribution in [3.63, 3.8) is 0 Å². The van der Waals surface area contributed by atoms with E-state index in [2.05, 4.69) is 16.1 Å². The number of carbonyl (C=O) groups is 2. The van der Waals surface area contributed by atoms with Crippen LogP contribution in [0.25, 0.3) is 0 Å². The second kappa shape index (κ2) is 46.6. The molecule has 22 nitrogen and oxygen atoms in total. The van der Waals surface area contributed by atoms with Crippen LogP contribution in [-0.2, 0) is 120 Å². The van der Waals surface area contributed by atoms with Crippen LogP contribution in [0, 0.1) is 34.0 Å². The summed E-state index contributed by atoms with van der Waals surface area (Å²) in [7, 11) is -6.14. The quantitative estimate of drug-likeness (QED) is 0.0233. The molecule has 4 fully saturated rings. The molecule has 4 saturated heterocycles. The minimum absolute atomic E-state index is 0.0168. The molecule has 8 aromatic rings. The van der Waals surface area contributed by atoms with Crippen molar-refractivity contribution in [2.45, 2.75) is 180 Å². The smallest absolute Gasteiger partial charge is 0.416 e. The zero-order chi connectivity index (χ0) is 104. The van der Waals surface area contributed by atoms with Crippen molar-refractivity contribution in [1.29, 1.82) is 15.8 Å². The number of nitrogens with one attached hydrogen (secondary N) is 2. The number of hydrogen-bond donors (Lipinski definition) is 3. The third-order valence-electron chi connectivity index (χ3n) is 23.9. The fraction of sp³-hybridized carbons (Fsp3) is 0.436. The average Bonchev–Trinajstić information content (AvgIpc) is 0.810. The molecule has 140 heavy (non-hydrogen) atoms. The SMILES string of the molecule is C[C@@H](OC[C@@]1(c2ccccc2)CC[C@@](N)(C#N)CN1C(=O)OCc1ccccc1)c1cc(C(F)(F)F)cc(C(F)(F)F)c1.C[C@@H](OC[C@@]1(c2ccccc2)CC[C@](C#N)(N2CCCS2(=O)=O)CN1)c1cc(C(F)(F)F)cc(C(F)(F)F)c1.C[C@@H](OC[C@@]1(c2ccccc2)CC[C@](C#N)(NS(=O)(=O)CCCCl)CN1C(=O)OCc1ccccc1)c1cc(C(F)(F)F)cc(C(F)(F)F)c1.O=S(=O)(Cl)CCCCl. The molecular formula is C94H96Cl3F18N9O13S3. The third-order valence-corrected chi connectivity index (χ3v) is 29.2. The number of hydrogen-bond acceptors (Lipinski definition) is 18. The van der Waals surface area contributed by atoms with Gasteiger partial charge in [0.2, 0.25) is 29.1 Å². The van der Waals surface area contributed by atoms with Crippen molar-refractivity contribution in [3.05, 3.63) is 284 Å². The van der Waals surface area contributed by atoms with E-state index in [0.29, 0.717) is 77.4 Å². The van der Waals surface area contributed by atoms with Gasteiger partial charge in [0, 0.05) is 35.5 Å². The fourth-order valence-corrected chi connectivity index (χ4v) is 20.9. The summed E-state index contributed by atoms with van der Waals surface area (Å²) in [6.45, 7) is 2.12. The summed E-state index contributed by atoms with van der Waals surface area (Å²) in [5, 5.41) is 33.4. The van der Waals surface area contributed by atoms with Crippen molar-refractivity contribution in [2.75, 3.05) is 75.0 Å². The number of nitrogens with two attached hydrogens (primary N) is 1. The number of sulfonamides is 2. The predicted molar refractivity (Wildman–Crippen MR) is 481 cm³/mol. The zero-order valence-corrected chi connectivity index (χ0v) is 79.6. The Kier molecular flexibility index (Phi) is 37.8. The molecule has 0 aliphatic carbocycles. The lowest BCUT2D eigenvalue weighted by Crippen LogP contribution is -2.66. The molecule has 0 bridgehead atoms. The van der Waals surface area contributed by atoms with E-state index in [4.69, 9.17) is 63.3 Å². The van der Waals surface area contributed by atoms with Gasteiger partial charge in [-0.1, -0.05) is 152 Å². The van der Waals surface area contributed by atoms with E-state index in [0.717, 1.165) is 10.5 Å². The van der Waals surface area contributed by atoms with Gasteiger partial charge in [0.05, 0.1) is 137 Å². The number of nitriles is 3. The van der Waals surface area contributed by atoms with Gasteiger partial charge in [0.1, 0.15) is 29.8 Å². The molecule has 4 aliphatic heterocycles. The highest BCUT2D eigenvalue weighted by atomic mass is 35.7. The molecule has 46 heteroatoms. The van der Waals surface area contributed by atoms with Gasteiger partial charge in [-0.3, -0.25) is 9.80 Å². The molecule has 2 amide bonds. The Morgan fingerprint density at radius 2 is 0.821 bits per heavy atom. The van der Waals surface area contributed by atoms with Gasteiger partial charge < -0.3 is 34.7 Å². The van der Waals surface area contributed by atoms with E-state index in [9.17, 15) is 130 Å². The summed E-state index contributed by atoms with van der Waals surface area (Å²) in [5.41, 5.74) is -8.87. The van der Waals surface area contributed by atoms with Gasteiger partial charge in [0.15, 0.2) is 0 Å². The summed E-state index contributed by atoms with van der Waals surface area (Å²) < 4.78 is 347. The first-order valence-electron chi connectivity index (χ1n) is 43.0. The maximum Gasteiger partial charge on any atom is 0.416 e. The first-order chi connectivity index (χ1) is 65.3. The largest absolute Gasteiger partial charge is 0.445 e. The van der Waals surface area contributed by atoms with Gasteiger partial charge in [-0.2, -0.15) is 104 Å². The number of nitrogens with zero attached hydrogens (tertiary/aromatic N) is 6. The van der Waals surface area contributed by atoms with Crippen LogP contribution >= 0.6 is 33.9 Å². The Morgan fingerprint density at radius 3 is 1.14 bits per heavy atom. The molecule has 0 radical (unpaired) electrons. The van der Waals surface area contributed by atoms with E-state index in [1.165, 1.54) is 30.0 Å². The van der Waals surface area contributed by atoms with Crippen LogP contribution in [0.1, 0.15) is 175 Å². The van der Waals surface area contributed by atoms with E-state index >= 15 is 0 Å². The topological polar surface area (TPSA) is 314 Å². The van der Waals surface area contributed by atoms with Crippen LogP contribution < -0.4 is 15.8 Å². The van der Waals surface area contributed by atoms with Gasteiger partial charge in [-0.05, 0) is 178 Å². The fourth-order valence-electron chi connectivity index (χ4n) is 16.2. The predicted octanol–water partition coefficient (Wildman–Crippen LogP) is 21.9. The standard InChI is InChI=1S/C34H34ClF6N3O5S.C31H29F6N3O3.C26H27F6N3O3S.C3H6Cl2O2S/c1-24(26-17-28(33(36,37)38)19-29(18-26)34(39,40)41)49-23-32(27-11-6-3-7-12-27)14-13-31(21-42,43-50(46,47)16-8-15-35)22-44(32)30(45)48-20-25-9-4-2-5-10-25;1-21(23-14-25(30(32,33)34)16-26(15-23)31(35,36)37)43-20-29(24-10-6-3-7-11-24)13-12-28(39,18-38)19-40(29)27(41)42-17-22-8-4-2-5-9-22;1-18(19-12-21(25(27,28)29)14-22(13-19)26(30,31)32)38-17-24(20-6-3-2-4-7-20)9-8-23(15-33,16-34-24)35-10-5-11-39(35,36)37;4-2-1-3-8(5,6)7/h2-7,9-12,17-19,24,43H,8,13-16,20,22-23H2,1H3;2-11,14-16,21H,12-13,17,19-20,39H2,1H3;2-4,6-7,12-14,18,34H,5,8-11,16-17H2,1H3;1-3H2/t24-,31-,32-;21-,28-,29-;18-,23-,24-;/m111./s1. The van der Waals surface area contributed by atoms with Gasteiger partial charge >= 0.3 is 49.2 Å². The number of halogens is 21. The first kappa shape index (κ1) is 114. The van der Waals surface area contributed by atoms with E-state index in [1.807, 2.05) is 12.1 Å². The van der Waals surface area contributed by atoms with Crippen molar-refractivity contribution >= 4 is 75.2 Å². The van der Waals surface area contributed by atoms with Crippen molar-refractivity contribution < 1.29 is 138 Å². The zero-order valence-electron chi connectivity index (χ0n) is 74.9. The van der Waals surface area contributed by atoms with Crippen LogP contribution in [0.15, 0.2) is 206 Å². The molecule has 4 N–H and O–H groups in total. The summed E-state index contributed by atoms with van der Waals surface area (Å²) >= 11 is 10.9. The maximum absolute atomic E-state index is 14.0. The Bertz CT molecular complexity index is 5920. The third kappa shape index (κ3) is 30.1. The Morgan fingerprint density at radius 1 is 0.471 bits per heavy atom. The van der Waals surface area contributed by atoms with Crippen LogP contribution in [0.3, 0.4) is 0 Å². The second-order valence-corrected chi connectivity index (χ2v) is 41.3. The number of carbonyl (C=O) groups excluding carboxylic acids is 2. The van der Waals surface area contributed by atoms with E-state index in [-0.39, 0.29) is 143 Å². The molecule has 9 atom stereocenters. The van der Waals surface area contributed by atoms with Crippen LogP contribution in [-0.4, -0.2) is 143 Å². The molecule has 0 saturated carbocycles. The van der Waals surface area contributed by atoms with Crippen LogP contribution in [0.2, 0.25) is 0 Å². The molecule has 8 aromatic carbocycles. The lowest BCUT2D eigenvalue weighted by molar-refractivity contribution is -0.145. The molecule has 0 unspecified atom stereocenters. The highest BCUT2D eigenvalue weighted by molar-refractivity contribution is 8.13. The van der Waals surface area contributed by atoms with Crippen LogP contribution in [0.4, 0.5) is 88.6 Å². The van der Waals surface area contributed by atoms with Gasteiger partial charge in [-0.25, -0.2) is 34.8 Å². The Hall–Kier alpha value is -10.1. The summed E-state index contributed by atoms with van der Waals surface area (Å²) in [5.74, 6) is -0.0804. The van der Waals surface area contributed by atoms with Crippen molar-refractivity contribution in [2.24, 2.45) is 5.73 Å². The lowest BCUT2D eigenvalue weighted by Gasteiger charge is -2.51. The highest BCUT2D eigenvalue weighted by Crippen LogP contribution is 2.49. The molecule has 0 spiro atoms. The minimum atomic E-state index is -5.08. The number of amides is 2. The molecule has 4 aliphatic rings. The lowest BCUT2D eigenvalue weighted by atomic mass is 9.75. The monoisotopic (exact) mass is 2100 g/mol. The van der Waals surface area contributed by atoms with Crippen molar-refractivity contribution in [1.82, 2.24) is 24.1 Å². The van der Waals surface area contributed by atoms with Crippen molar-refractivity contribution in [3.8, 4) is 18.2 Å². The maximum atomic E-state index is 14.0. The molecular weight excluding hydrogens is 2010 g/mol. The molecule has 0 aromatic heterocycles.